The molecule has 1 heterocycles. The summed E-state index contributed by atoms with van der Waals surface area (Å²) < 4.78 is 7.60. The zero-order valence-electron chi connectivity index (χ0n) is 11.0. The van der Waals surface area contributed by atoms with Crippen molar-refractivity contribution in [1.29, 1.82) is 0 Å². The zero-order valence-corrected chi connectivity index (χ0v) is 11.0. The summed E-state index contributed by atoms with van der Waals surface area (Å²) in [5.41, 5.74) is 7.10. The second-order valence-electron chi connectivity index (χ2n) is 5.22. The minimum Gasteiger partial charge on any atom is -0.510 e. The van der Waals surface area contributed by atoms with Gasteiger partial charge in [-0.05, 0) is 26.0 Å². The first kappa shape index (κ1) is 13.1. The zero-order chi connectivity index (χ0) is 13.2. The molecule has 0 saturated carbocycles. The number of nitrogens with zero attached hydrogens (tertiary/aromatic N) is 1. The van der Waals surface area contributed by atoms with Crippen molar-refractivity contribution in [3.63, 3.8) is 0 Å². The first-order chi connectivity index (χ1) is 8.48. The number of aliphatic hydroxyl groups is 1. The Balaban J connectivity index is 2.21. The number of hydrogen-bond donors (Lipinski definition) is 2. The molecule has 0 amide bonds. The Morgan fingerprint density at radius 2 is 1.78 bits per heavy atom. The molecule has 0 aromatic carbocycles. The third kappa shape index (κ3) is 2.89. The van der Waals surface area contributed by atoms with Gasteiger partial charge in [0.15, 0.2) is 18.8 Å². The molecule has 0 unspecified atom stereocenters. The highest BCUT2D eigenvalue weighted by atomic mass is 16.5. The number of rotatable bonds is 1. The van der Waals surface area contributed by atoms with Gasteiger partial charge in [0.05, 0.1) is 5.54 Å². The molecule has 3 N–H and O–H groups in total. The molecule has 0 bridgehead atoms. The molecule has 98 valence electrons. The van der Waals surface area contributed by atoms with E-state index < -0.39 is 5.54 Å². The molecule has 0 atom stereocenters. The minimum atomic E-state index is -0.708. The largest absolute Gasteiger partial charge is 0.510 e. The lowest BCUT2D eigenvalue weighted by atomic mass is 9.96. The first-order valence-corrected chi connectivity index (χ1v) is 6.27. The van der Waals surface area contributed by atoms with Crippen LogP contribution in [0.2, 0.25) is 0 Å². The quantitative estimate of drug-likeness (QED) is 0.541. The second kappa shape index (κ2) is 5.08. The van der Waals surface area contributed by atoms with Gasteiger partial charge < -0.3 is 15.6 Å². The van der Waals surface area contributed by atoms with Crippen LogP contribution in [0.25, 0.3) is 0 Å². The van der Waals surface area contributed by atoms with Crippen molar-refractivity contribution in [2.45, 2.75) is 19.4 Å². The van der Waals surface area contributed by atoms with Gasteiger partial charge in [0, 0.05) is 17.7 Å². The summed E-state index contributed by atoms with van der Waals surface area (Å²) in [4.78, 5) is 0. The fourth-order valence-electron chi connectivity index (χ4n) is 2.02. The van der Waals surface area contributed by atoms with Crippen LogP contribution in [0.15, 0.2) is 35.6 Å². The Bertz CT molecular complexity index is 425. The van der Waals surface area contributed by atoms with E-state index in [1.807, 2.05) is 24.3 Å². The standard InChI is InChI=1S/C14H20N2O2/c1-14(2,15)13(17)11-3-5-12(6-4-11)16-7-9-18-10-8-16/h3-6H,7-10,15H2,1-2H3/p+1. The highest BCUT2D eigenvalue weighted by molar-refractivity contribution is 6.02. The van der Waals surface area contributed by atoms with Gasteiger partial charge >= 0.3 is 0 Å². The summed E-state index contributed by atoms with van der Waals surface area (Å²) in [6, 6.07) is 0. The monoisotopic (exact) mass is 249 g/mol. The predicted molar refractivity (Wildman–Crippen MR) is 72.0 cm³/mol. The third-order valence-corrected chi connectivity index (χ3v) is 3.13. The van der Waals surface area contributed by atoms with E-state index in [-0.39, 0.29) is 5.76 Å². The molecule has 0 aromatic heterocycles. The van der Waals surface area contributed by atoms with Crippen molar-refractivity contribution in [2.24, 2.45) is 5.73 Å². The number of hydrogen-bond acceptors (Lipinski definition) is 3. The van der Waals surface area contributed by atoms with E-state index in [1.165, 1.54) is 0 Å². The van der Waals surface area contributed by atoms with Crippen LogP contribution in [0.4, 0.5) is 0 Å². The van der Waals surface area contributed by atoms with Crippen LogP contribution < -0.4 is 5.73 Å². The van der Waals surface area contributed by atoms with Crippen LogP contribution in [0.3, 0.4) is 0 Å². The number of allylic oxidation sites excluding steroid dienone is 5. The SMILES string of the molecule is CC(C)(N)C(O)=C1C=CC(=[N+]2CCOCC2)C=C1. The van der Waals surface area contributed by atoms with E-state index in [0.29, 0.717) is 0 Å². The Labute approximate surface area is 108 Å². The molecular weight excluding hydrogens is 228 g/mol. The molecule has 1 aliphatic carbocycles. The molecule has 18 heavy (non-hydrogen) atoms. The molecule has 0 aromatic rings. The summed E-state index contributed by atoms with van der Waals surface area (Å²) >= 11 is 0. The van der Waals surface area contributed by atoms with Crippen LogP contribution in [0, 0.1) is 0 Å². The summed E-state index contributed by atoms with van der Waals surface area (Å²) in [5, 5.41) is 10.0. The molecule has 1 aliphatic heterocycles. The van der Waals surface area contributed by atoms with Gasteiger partial charge in [-0.3, -0.25) is 0 Å². The maximum atomic E-state index is 10.0. The summed E-state index contributed by atoms with van der Waals surface area (Å²) in [7, 11) is 0. The van der Waals surface area contributed by atoms with Gasteiger partial charge in [0.2, 0.25) is 0 Å². The molecular formula is C14H21N2O2+. The lowest BCUT2D eigenvalue weighted by Gasteiger charge is -2.20. The second-order valence-corrected chi connectivity index (χ2v) is 5.22. The van der Waals surface area contributed by atoms with Gasteiger partial charge in [0.25, 0.3) is 0 Å². The van der Waals surface area contributed by atoms with Crippen molar-refractivity contribution in [3.8, 4) is 0 Å². The number of morpholine rings is 1. The van der Waals surface area contributed by atoms with Crippen LogP contribution >= 0.6 is 0 Å². The molecule has 2 rings (SSSR count). The van der Waals surface area contributed by atoms with Crippen molar-refractivity contribution < 1.29 is 14.4 Å². The van der Waals surface area contributed by atoms with E-state index in [0.717, 1.165) is 37.6 Å². The van der Waals surface area contributed by atoms with Crippen molar-refractivity contribution >= 4 is 5.71 Å². The molecule has 0 spiro atoms. The predicted octanol–water partition coefficient (Wildman–Crippen LogP) is 1.15. The fourth-order valence-corrected chi connectivity index (χ4v) is 2.02. The van der Waals surface area contributed by atoms with Crippen LogP contribution in [0.1, 0.15) is 13.8 Å². The molecule has 2 aliphatic rings. The lowest BCUT2D eigenvalue weighted by molar-refractivity contribution is -0.547. The van der Waals surface area contributed by atoms with Gasteiger partial charge in [-0.2, -0.15) is 0 Å². The van der Waals surface area contributed by atoms with E-state index >= 15 is 0 Å². The van der Waals surface area contributed by atoms with E-state index in [4.69, 9.17) is 10.5 Å². The van der Waals surface area contributed by atoms with Crippen LogP contribution in [-0.2, 0) is 4.74 Å². The number of nitrogens with two attached hydrogens (primary N) is 1. The lowest BCUT2D eigenvalue weighted by Crippen LogP contribution is -2.35. The summed E-state index contributed by atoms with van der Waals surface area (Å²) in [5.74, 6) is 0.219. The summed E-state index contributed by atoms with van der Waals surface area (Å²) in [6.45, 7) is 6.95. The van der Waals surface area contributed by atoms with Crippen molar-refractivity contribution in [3.05, 3.63) is 35.6 Å². The van der Waals surface area contributed by atoms with E-state index in [2.05, 4.69) is 4.58 Å². The van der Waals surface area contributed by atoms with Crippen LogP contribution in [-0.4, -0.2) is 47.2 Å². The number of aliphatic hydroxyl groups excluding tert-OH is 1. The maximum absolute atomic E-state index is 10.0. The highest BCUT2D eigenvalue weighted by Gasteiger charge is 2.21. The third-order valence-electron chi connectivity index (χ3n) is 3.13. The Kier molecular flexibility index (Phi) is 3.68. The average Bonchev–Trinajstić information content (AvgIpc) is 2.38. The normalized spacial score (nSPS) is 20.5. The molecule has 1 saturated heterocycles. The van der Waals surface area contributed by atoms with E-state index in [1.54, 1.807) is 13.8 Å². The smallest absolute Gasteiger partial charge is 0.200 e. The molecule has 4 heteroatoms. The minimum absolute atomic E-state index is 0.219. The highest BCUT2D eigenvalue weighted by Crippen LogP contribution is 2.18. The van der Waals surface area contributed by atoms with Crippen LogP contribution in [0.5, 0.6) is 0 Å². The van der Waals surface area contributed by atoms with Gasteiger partial charge in [-0.25, -0.2) is 4.58 Å². The fraction of sp³-hybridized carbons (Fsp3) is 0.500. The Morgan fingerprint density at radius 1 is 1.22 bits per heavy atom. The number of ether oxygens (including phenoxy) is 1. The topological polar surface area (TPSA) is 58.5 Å². The maximum Gasteiger partial charge on any atom is 0.200 e. The van der Waals surface area contributed by atoms with Gasteiger partial charge in [0.1, 0.15) is 19.0 Å². The summed E-state index contributed by atoms with van der Waals surface area (Å²) in [6.07, 6.45) is 7.86. The molecule has 0 radical (unpaired) electrons. The van der Waals surface area contributed by atoms with Crippen molar-refractivity contribution in [1.82, 2.24) is 0 Å². The first-order valence-electron chi connectivity index (χ1n) is 6.27. The Hall–Kier alpha value is -1.39. The van der Waals surface area contributed by atoms with Gasteiger partial charge in [-0.15, -0.1) is 0 Å². The molecule has 1 fully saturated rings. The Morgan fingerprint density at radius 3 is 2.28 bits per heavy atom. The average molecular weight is 249 g/mol. The van der Waals surface area contributed by atoms with Gasteiger partial charge in [-0.1, -0.05) is 0 Å². The molecule has 4 nitrogen and oxygen atoms in total. The van der Waals surface area contributed by atoms with E-state index in [9.17, 15) is 5.11 Å². The van der Waals surface area contributed by atoms with Crippen molar-refractivity contribution in [2.75, 3.05) is 26.3 Å².